The van der Waals surface area contributed by atoms with Gasteiger partial charge < -0.3 is 9.73 Å². The van der Waals surface area contributed by atoms with Crippen LogP contribution in [0.1, 0.15) is 28.8 Å². The van der Waals surface area contributed by atoms with Crippen molar-refractivity contribution < 1.29 is 9.21 Å². The Hall–Kier alpha value is -2.95. The van der Waals surface area contributed by atoms with E-state index >= 15 is 0 Å². The monoisotopic (exact) mass is 333 g/mol. The minimum atomic E-state index is -0.0376. The third-order valence-corrected chi connectivity index (χ3v) is 4.33. The molecular formula is C20H19N3O2. The van der Waals surface area contributed by atoms with Gasteiger partial charge in [0.15, 0.2) is 0 Å². The van der Waals surface area contributed by atoms with Crippen molar-refractivity contribution in [3.63, 3.8) is 0 Å². The highest BCUT2D eigenvalue weighted by Gasteiger charge is 2.21. The number of aryl methyl sites for hydroxylation is 1. The number of carbonyl (C=O) groups is 1. The van der Waals surface area contributed by atoms with E-state index in [2.05, 4.69) is 15.5 Å². The van der Waals surface area contributed by atoms with Gasteiger partial charge >= 0.3 is 0 Å². The van der Waals surface area contributed by atoms with Gasteiger partial charge in [-0.15, -0.1) is 10.2 Å². The van der Waals surface area contributed by atoms with Gasteiger partial charge in [0, 0.05) is 23.2 Å². The SMILES string of the molecule is Cc1cccc(-c2nnc(-c3ccc(C(=O)NCC4CC4)cc3)o2)c1. The number of nitrogens with one attached hydrogen (secondary N) is 1. The molecule has 2 aromatic carbocycles. The Morgan fingerprint density at radius 2 is 1.80 bits per heavy atom. The summed E-state index contributed by atoms with van der Waals surface area (Å²) in [7, 11) is 0. The molecular weight excluding hydrogens is 314 g/mol. The molecule has 0 spiro atoms. The standard InChI is InChI=1S/C20H19N3O2/c1-13-3-2-4-17(11-13)20-23-22-19(25-20)16-9-7-15(8-10-16)18(24)21-12-14-5-6-14/h2-4,7-11,14H,5-6,12H2,1H3,(H,21,24). The fourth-order valence-corrected chi connectivity index (χ4v) is 2.66. The van der Waals surface area contributed by atoms with E-state index in [1.54, 1.807) is 12.1 Å². The molecule has 1 amide bonds. The van der Waals surface area contributed by atoms with Crippen LogP contribution in [0.5, 0.6) is 0 Å². The molecule has 0 radical (unpaired) electrons. The molecule has 0 unspecified atom stereocenters. The average Bonchev–Trinajstić information content (AvgIpc) is 3.33. The first-order chi connectivity index (χ1) is 12.2. The maximum Gasteiger partial charge on any atom is 0.251 e. The van der Waals surface area contributed by atoms with Gasteiger partial charge in [0.2, 0.25) is 11.8 Å². The van der Waals surface area contributed by atoms with Gasteiger partial charge in [0.05, 0.1) is 0 Å². The molecule has 0 saturated heterocycles. The van der Waals surface area contributed by atoms with Crippen LogP contribution in [0.2, 0.25) is 0 Å². The van der Waals surface area contributed by atoms with Crippen LogP contribution in [0.3, 0.4) is 0 Å². The number of rotatable bonds is 5. The summed E-state index contributed by atoms with van der Waals surface area (Å²) in [5, 5.41) is 11.2. The summed E-state index contributed by atoms with van der Waals surface area (Å²) in [6.45, 7) is 2.79. The highest BCUT2D eigenvalue weighted by Crippen LogP contribution is 2.28. The molecule has 3 aromatic rings. The van der Waals surface area contributed by atoms with Gasteiger partial charge in [-0.2, -0.15) is 0 Å². The number of aromatic nitrogens is 2. The topological polar surface area (TPSA) is 68.0 Å². The van der Waals surface area contributed by atoms with Crippen LogP contribution in [0.4, 0.5) is 0 Å². The quantitative estimate of drug-likeness (QED) is 0.770. The lowest BCUT2D eigenvalue weighted by Crippen LogP contribution is -2.25. The van der Waals surface area contributed by atoms with Gasteiger partial charge in [0.25, 0.3) is 5.91 Å². The van der Waals surface area contributed by atoms with Crippen LogP contribution >= 0.6 is 0 Å². The maximum atomic E-state index is 12.1. The van der Waals surface area contributed by atoms with E-state index in [9.17, 15) is 4.79 Å². The maximum absolute atomic E-state index is 12.1. The number of hydrogen-bond donors (Lipinski definition) is 1. The Morgan fingerprint density at radius 1 is 1.08 bits per heavy atom. The van der Waals surface area contributed by atoms with E-state index in [1.807, 2.05) is 43.3 Å². The lowest BCUT2D eigenvalue weighted by atomic mass is 10.1. The van der Waals surface area contributed by atoms with E-state index in [0.29, 0.717) is 23.3 Å². The first-order valence-electron chi connectivity index (χ1n) is 8.48. The molecule has 1 aliphatic carbocycles. The molecule has 5 nitrogen and oxygen atoms in total. The Kier molecular flexibility index (Phi) is 4.06. The summed E-state index contributed by atoms with van der Waals surface area (Å²) in [5.41, 5.74) is 3.47. The Balaban J connectivity index is 1.49. The van der Waals surface area contributed by atoms with Gasteiger partial charge in [-0.25, -0.2) is 0 Å². The molecule has 1 fully saturated rings. The van der Waals surface area contributed by atoms with Crippen molar-refractivity contribution in [2.24, 2.45) is 5.92 Å². The molecule has 1 saturated carbocycles. The molecule has 0 atom stereocenters. The van der Waals surface area contributed by atoms with E-state index in [1.165, 1.54) is 12.8 Å². The predicted octanol–water partition coefficient (Wildman–Crippen LogP) is 3.85. The lowest BCUT2D eigenvalue weighted by molar-refractivity contribution is 0.0952. The molecule has 1 aliphatic rings. The third kappa shape index (κ3) is 3.60. The van der Waals surface area contributed by atoms with E-state index in [4.69, 9.17) is 4.42 Å². The van der Waals surface area contributed by atoms with Gasteiger partial charge in [-0.1, -0.05) is 17.7 Å². The summed E-state index contributed by atoms with van der Waals surface area (Å²) in [6.07, 6.45) is 2.44. The molecule has 0 aliphatic heterocycles. The van der Waals surface area contributed by atoms with E-state index < -0.39 is 0 Å². The smallest absolute Gasteiger partial charge is 0.251 e. The summed E-state index contributed by atoms with van der Waals surface area (Å²) < 4.78 is 5.78. The molecule has 25 heavy (non-hydrogen) atoms. The van der Waals surface area contributed by atoms with Crippen molar-refractivity contribution in [2.75, 3.05) is 6.54 Å². The summed E-state index contributed by atoms with van der Waals surface area (Å²) in [5.74, 6) is 1.57. The van der Waals surface area contributed by atoms with Crippen LogP contribution in [-0.2, 0) is 0 Å². The Labute approximate surface area is 146 Å². The van der Waals surface area contributed by atoms with Crippen molar-refractivity contribution in [3.8, 4) is 22.9 Å². The summed E-state index contributed by atoms with van der Waals surface area (Å²) in [6, 6.07) is 15.2. The van der Waals surface area contributed by atoms with E-state index in [0.717, 1.165) is 23.2 Å². The zero-order valence-corrected chi connectivity index (χ0v) is 14.0. The molecule has 1 N–H and O–H groups in total. The second kappa shape index (κ2) is 6.51. The van der Waals surface area contributed by atoms with Crippen LogP contribution < -0.4 is 5.32 Å². The number of hydrogen-bond acceptors (Lipinski definition) is 4. The van der Waals surface area contributed by atoms with Crippen molar-refractivity contribution in [1.29, 1.82) is 0 Å². The van der Waals surface area contributed by atoms with Crippen molar-refractivity contribution >= 4 is 5.91 Å². The molecule has 0 bridgehead atoms. The first-order valence-corrected chi connectivity index (χ1v) is 8.48. The van der Waals surface area contributed by atoms with Crippen molar-refractivity contribution in [2.45, 2.75) is 19.8 Å². The number of nitrogens with zero attached hydrogens (tertiary/aromatic N) is 2. The van der Waals surface area contributed by atoms with Crippen LogP contribution in [0, 0.1) is 12.8 Å². The fourth-order valence-electron chi connectivity index (χ4n) is 2.66. The van der Waals surface area contributed by atoms with Crippen molar-refractivity contribution in [3.05, 3.63) is 59.7 Å². The van der Waals surface area contributed by atoms with Gasteiger partial charge in [0.1, 0.15) is 0 Å². The van der Waals surface area contributed by atoms with Crippen molar-refractivity contribution in [1.82, 2.24) is 15.5 Å². The second-order valence-corrected chi connectivity index (χ2v) is 6.51. The second-order valence-electron chi connectivity index (χ2n) is 6.51. The first kappa shape index (κ1) is 15.6. The largest absolute Gasteiger partial charge is 0.416 e. The zero-order valence-electron chi connectivity index (χ0n) is 14.0. The summed E-state index contributed by atoms with van der Waals surface area (Å²) in [4.78, 5) is 12.1. The average molecular weight is 333 g/mol. The minimum absolute atomic E-state index is 0.0376. The van der Waals surface area contributed by atoms with Gasteiger partial charge in [-0.05, 0) is 62.1 Å². The third-order valence-electron chi connectivity index (χ3n) is 4.33. The predicted molar refractivity (Wildman–Crippen MR) is 95.0 cm³/mol. The molecule has 1 aromatic heterocycles. The van der Waals surface area contributed by atoms with E-state index in [-0.39, 0.29) is 5.91 Å². The van der Waals surface area contributed by atoms with Gasteiger partial charge in [-0.3, -0.25) is 4.79 Å². The number of carbonyl (C=O) groups excluding carboxylic acids is 1. The normalized spacial score (nSPS) is 13.6. The zero-order chi connectivity index (χ0) is 17.2. The van der Waals surface area contributed by atoms with Crippen LogP contribution in [0.15, 0.2) is 52.9 Å². The molecule has 1 heterocycles. The van der Waals surface area contributed by atoms with Crippen LogP contribution in [-0.4, -0.2) is 22.6 Å². The number of amides is 1. The van der Waals surface area contributed by atoms with Crippen LogP contribution in [0.25, 0.3) is 22.9 Å². The fraction of sp³-hybridized carbons (Fsp3) is 0.250. The summed E-state index contributed by atoms with van der Waals surface area (Å²) >= 11 is 0. The highest BCUT2D eigenvalue weighted by molar-refractivity contribution is 5.94. The molecule has 5 heteroatoms. The Bertz CT molecular complexity index is 895. The molecule has 4 rings (SSSR count). The lowest BCUT2D eigenvalue weighted by Gasteiger charge is -2.04. The Morgan fingerprint density at radius 3 is 2.48 bits per heavy atom. The highest BCUT2D eigenvalue weighted by atomic mass is 16.4. The minimum Gasteiger partial charge on any atom is -0.416 e. The number of benzene rings is 2. The molecule has 126 valence electrons.